The van der Waals surface area contributed by atoms with Crippen LogP contribution in [0.2, 0.25) is 0 Å². The maximum atomic E-state index is 11.2. The topological polar surface area (TPSA) is 52.6 Å². The first kappa shape index (κ1) is 12.1. The summed E-state index contributed by atoms with van der Waals surface area (Å²) in [6.07, 6.45) is 0. The van der Waals surface area contributed by atoms with Crippen LogP contribution in [0.15, 0.2) is 24.3 Å². The predicted molar refractivity (Wildman–Crippen MR) is 58.1 cm³/mol. The van der Waals surface area contributed by atoms with Gasteiger partial charge in [0.25, 0.3) is 0 Å². The van der Waals surface area contributed by atoms with Gasteiger partial charge >= 0.3 is 10.1 Å². The Bertz CT molecular complexity index is 399. The van der Waals surface area contributed by atoms with Crippen LogP contribution < -0.4 is 8.92 Å². The van der Waals surface area contributed by atoms with Crippen LogP contribution in [-0.4, -0.2) is 27.2 Å². The van der Waals surface area contributed by atoms with Crippen molar-refractivity contribution in [1.29, 1.82) is 0 Å². The van der Waals surface area contributed by atoms with Gasteiger partial charge in [-0.3, -0.25) is 0 Å². The van der Waals surface area contributed by atoms with Crippen molar-refractivity contribution in [1.82, 2.24) is 0 Å². The van der Waals surface area contributed by atoms with Gasteiger partial charge in [0.2, 0.25) is 0 Å². The third-order valence-corrected chi connectivity index (χ3v) is 3.17. The number of hydrogen-bond donors (Lipinski definition) is 0. The summed E-state index contributed by atoms with van der Waals surface area (Å²) in [5.41, 5.74) is 0. The average Bonchev–Trinajstić information content (AvgIpc) is 2.18. The molecule has 0 aliphatic rings. The van der Waals surface area contributed by atoms with Gasteiger partial charge in [0.15, 0.2) is 0 Å². The highest BCUT2D eigenvalue weighted by atomic mass is 35.5. The molecule has 0 aromatic heterocycles. The van der Waals surface area contributed by atoms with Crippen LogP contribution in [0.25, 0.3) is 0 Å². The summed E-state index contributed by atoms with van der Waals surface area (Å²) < 4.78 is 32.1. The van der Waals surface area contributed by atoms with Crippen molar-refractivity contribution in [3.8, 4) is 11.5 Å². The van der Waals surface area contributed by atoms with E-state index in [0.29, 0.717) is 5.75 Å². The Labute approximate surface area is 93.9 Å². The van der Waals surface area contributed by atoms with E-state index in [4.69, 9.17) is 20.5 Å². The molecule has 0 atom stereocenters. The fraction of sp³-hybridized carbons (Fsp3) is 0.333. The highest BCUT2D eigenvalue weighted by Crippen LogP contribution is 2.18. The lowest BCUT2D eigenvalue weighted by Crippen LogP contribution is -2.14. The van der Waals surface area contributed by atoms with Crippen molar-refractivity contribution in [3.05, 3.63) is 24.3 Å². The molecule has 0 unspecified atom stereocenters. The Morgan fingerprint density at radius 1 is 1.20 bits per heavy atom. The van der Waals surface area contributed by atoms with Crippen LogP contribution in [0, 0.1) is 0 Å². The maximum Gasteiger partial charge on any atom is 0.310 e. The third kappa shape index (κ3) is 3.97. The van der Waals surface area contributed by atoms with Crippen molar-refractivity contribution in [2.45, 2.75) is 0 Å². The SMILES string of the molecule is COc1ccc(OS(=O)(=O)CCCl)cc1. The molecule has 0 N–H and O–H groups in total. The van der Waals surface area contributed by atoms with Gasteiger partial charge in [-0.05, 0) is 24.3 Å². The molecule has 1 aromatic rings. The molecule has 1 aromatic carbocycles. The molecule has 6 heteroatoms. The zero-order valence-electron chi connectivity index (χ0n) is 8.14. The van der Waals surface area contributed by atoms with Gasteiger partial charge < -0.3 is 8.92 Å². The summed E-state index contributed by atoms with van der Waals surface area (Å²) in [5, 5.41) is 0. The van der Waals surface area contributed by atoms with E-state index in [0.717, 1.165) is 0 Å². The van der Waals surface area contributed by atoms with Crippen LogP contribution in [-0.2, 0) is 10.1 Å². The lowest BCUT2D eigenvalue weighted by molar-refractivity contribution is 0.413. The summed E-state index contributed by atoms with van der Waals surface area (Å²) in [7, 11) is -2.05. The molecule has 0 aliphatic carbocycles. The summed E-state index contributed by atoms with van der Waals surface area (Å²) in [6.45, 7) is 0. The molecule has 0 saturated heterocycles. The van der Waals surface area contributed by atoms with Crippen molar-refractivity contribution in [3.63, 3.8) is 0 Å². The van der Waals surface area contributed by atoms with Gasteiger partial charge in [0.1, 0.15) is 11.5 Å². The van der Waals surface area contributed by atoms with E-state index in [-0.39, 0.29) is 17.4 Å². The van der Waals surface area contributed by atoms with Crippen LogP contribution in [0.5, 0.6) is 11.5 Å². The van der Waals surface area contributed by atoms with Gasteiger partial charge in [-0.2, -0.15) is 8.42 Å². The minimum atomic E-state index is -3.58. The van der Waals surface area contributed by atoms with Gasteiger partial charge in [-0.15, -0.1) is 11.6 Å². The van der Waals surface area contributed by atoms with Crippen LogP contribution in [0.4, 0.5) is 0 Å². The van der Waals surface area contributed by atoms with E-state index < -0.39 is 10.1 Å². The summed E-state index contributed by atoms with van der Waals surface area (Å²) in [6, 6.07) is 6.27. The maximum absolute atomic E-state index is 11.2. The fourth-order valence-corrected chi connectivity index (χ4v) is 2.16. The van der Waals surface area contributed by atoms with Crippen molar-refractivity contribution in [2.24, 2.45) is 0 Å². The quantitative estimate of drug-likeness (QED) is 0.589. The molecule has 0 fully saturated rings. The average molecular weight is 251 g/mol. The van der Waals surface area contributed by atoms with Gasteiger partial charge in [0.05, 0.1) is 12.9 Å². The largest absolute Gasteiger partial charge is 0.497 e. The first-order valence-corrected chi connectivity index (χ1v) is 6.31. The molecule has 0 heterocycles. The second-order valence-electron chi connectivity index (χ2n) is 2.71. The highest BCUT2D eigenvalue weighted by Gasteiger charge is 2.11. The molecule has 0 spiro atoms. The number of benzene rings is 1. The lowest BCUT2D eigenvalue weighted by Gasteiger charge is -2.05. The Morgan fingerprint density at radius 3 is 2.20 bits per heavy atom. The molecule has 4 nitrogen and oxygen atoms in total. The number of rotatable bonds is 5. The normalized spacial score (nSPS) is 11.1. The van der Waals surface area contributed by atoms with Crippen molar-refractivity contribution >= 4 is 21.7 Å². The number of hydrogen-bond acceptors (Lipinski definition) is 4. The first-order valence-electron chi connectivity index (χ1n) is 4.19. The van der Waals surface area contributed by atoms with Crippen LogP contribution in [0.1, 0.15) is 0 Å². The molecule has 15 heavy (non-hydrogen) atoms. The van der Waals surface area contributed by atoms with Gasteiger partial charge in [0, 0.05) is 5.88 Å². The van der Waals surface area contributed by atoms with Crippen LogP contribution >= 0.6 is 11.6 Å². The van der Waals surface area contributed by atoms with E-state index in [9.17, 15) is 8.42 Å². The number of methoxy groups -OCH3 is 1. The van der Waals surface area contributed by atoms with Gasteiger partial charge in [-0.25, -0.2) is 0 Å². The minimum Gasteiger partial charge on any atom is -0.497 e. The summed E-state index contributed by atoms with van der Waals surface area (Å²) in [4.78, 5) is 0. The van der Waals surface area contributed by atoms with Crippen molar-refractivity contribution < 1.29 is 17.3 Å². The number of ether oxygens (including phenoxy) is 1. The number of alkyl halides is 1. The number of halogens is 1. The molecular formula is C9H11ClO4S. The standard InChI is InChI=1S/C9H11ClO4S/c1-13-8-2-4-9(5-3-8)14-15(11,12)7-6-10/h2-5H,6-7H2,1H3. The molecule has 0 radical (unpaired) electrons. The molecule has 0 bridgehead atoms. The molecule has 84 valence electrons. The molecule has 1 rings (SSSR count). The van der Waals surface area contributed by atoms with E-state index in [2.05, 4.69) is 0 Å². The summed E-state index contributed by atoms with van der Waals surface area (Å²) >= 11 is 5.32. The fourth-order valence-electron chi connectivity index (χ4n) is 0.914. The second-order valence-corrected chi connectivity index (χ2v) is 4.78. The lowest BCUT2D eigenvalue weighted by atomic mass is 10.3. The minimum absolute atomic E-state index is 0.0124. The Kier molecular flexibility index (Phi) is 4.23. The Morgan fingerprint density at radius 2 is 1.73 bits per heavy atom. The molecule has 0 saturated carbocycles. The smallest absolute Gasteiger partial charge is 0.310 e. The van der Waals surface area contributed by atoms with E-state index in [1.54, 1.807) is 12.1 Å². The van der Waals surface area contributed by atoms with Gasteiger partial charge in [-0.1, -0.05) is 0 Å². The Hall–Kier alpha value is -0.940. The van der Waals surface area contributed by atoms with E-state index in [1.165, 1.54) is 19.2 Å². The van der Waals surface area contributed by atoms with Crippen LogP contribution in [0.3, 0.4) is 0 Å². The molecule has 0 aliphatic heterocycles. The molecular weight excluding hydrogens is 240 g/mol. The zero-order valence-corrected chi connectivity index (χ0v) is 9.72. The first-order chi connectivity index (χ1) is 7.07. The Balaban J connectivity index is 2.73. The second kappa shape index (κ2) is 5.23. The van der Waals surface area contributed by atoms with E-state index >= 15 is 0 Å². The summed E-state index contributed by atoms with van der Waals surface area (Å²) in [5.74, 6) is 0.692. The predicted octanol–water partition coefficient (Wildman–Crippen LogP) is 1.64. The van der Waals surface area contributed by atoms with Crippen molar-refractivity contribution in [2.75, 3.05) is 18.7 Å². The zero-order chi connectivity index (χ0) is 11.3. The monoisotopic (exact) mass is 250 g/mol. The highest BCUT2D eigenvalue weighted by molar-refractivity contribution is 7.87. The third-order valence-electron chi connectivity index (χ3n) is 1.61. The molecule has 0 amide bonds. The van der Waals surface area contributed by atoms with E-state index in [1.807, 2.05) is 0 Å².